The van der Waals surface area contributed by atoms with E-state index >= 15 is 0 Å². The van der Waals surface area contributed by atoms with Crippen molar-refractivity contribution in [3.8, 4) is 0 Å². The number of aryl methyl sites for hydroxylation is 1. The van der Waals surface area contributed by atoms with E-state index in [1.807, 2.05) is 13.0 Å². The fourth-order valence-electron chi connectivity index (χ4n) is 2.17. The molecule has 1 saturated heterocycles. The molecule has 0 bridgehead atoms. The molecule has 19 heavy (non-hydrogen) atoms. The Labute approximate surface area is 112 Å². The van der Waals surface area contributed by atoms with Crippen LogP contribution in [0, 0.1) is 6.92 Å². The van der Waals surface area contributed by atoms with Crippen molar-refractivity contribution in [2.24, 2.45) is 0 Å². The first-order chi connectivity index (χ1) is 9.11. The summed E-state index contributed by atoms with van der Waals surface area (Å²) >= 11 is 0. The first-order valence-electron chi connectivity index (χ1n) is 6.49. The summed E-state index contributed by atoms with van der Waals surface area (Å²) in [5, 5.41) is 8.62. The molecule has 2 amide bonds. The Balaban J connectivity index is 2.14. The second-order valence-electron chi connectivity index (χ2n) is 4.75. The first kappa shape index (κ1) is 13.5. The van der Waals surface area contributed by atoms with Crippen LogP contribution in [0.1, 0.15) is 28.8 Å². The Morgan fingerprint density at radius 3 is 2.79 bits per heavy atom. The molecule has 3 N–H and O–H groups in total. The molecule has 0 aromatic heterocycles. The number of anilines is 1. The summed E-state index contributed by atoms with van der Waals surface area (Å²) in [4.78, 5) is 23.6. The molecule has 1 atom stereocenters. The lowest BCUT2D eigenvalue weighted by Crippen LogP contribution is -2.35. The zero-order valence-electron chi connectivity index (χ0n) is 11.2. The molecule has 0 unspecified atom stereocenters. The highest BCUT2D eigenvalue weighted by molar-refractivity contribution is 5.99. The van der Waals surface area contributed by atoms with Crippen molar-refractivity contribution in [2.75, 3.05) is 18.9 Å². The highest BCUT2D eigenvalue weighted by atomic mass is 16.2. The number of amides is 2. The van der Waals surface area contributed by atoms with Crippen LogP contribution in [-0.4, -0.2) is 31.4 Å². The maximum Gasteiger partial charge on any atom is 0.251 e. The lowest BCUT2D eigenvalue weighted by atomic mass is 10.1. The van der Waals surface area contributed by atoms with E-state index < -0.39 is 0 Å². The standard InChI is InChI=1S/C14H19N3O2/c1-9-5-6-10(13(18)15-2)8-12(9)17-14(19)11-4-3-7-16-11/h5-6,8,11,16H,3-4,7H2,1-2H3,(H,15,18)(H,17,19)/t11-/m0/s1. The summed E-state index contributed by atoms with van der Waals surface area (Å²) in [6.45, 7) is 2.79. The molecule has 5 nitrogen and oxygen atoms in total. The van der Waals surface area contributed by atoms with E-state index in [0.29, 0.717) is 11.3 Å². The van der Waals surface area contributed by atoms with Crippen molar-refractivity contribution in [3.63, 3.8) is 0 Å². The molecule has 1 aromatic rings. The fraction of sp³-hybridized carbons (Fsp3) is 0.429. The SMILES string of the molecule is CNC(=O)c1ccc(C)c(NC(=O)[C@@H]2CCCN2)c1. The van der Waals surface area contributed by atoms with Crippen LogP contribution in [0.5, 0.6) is 0 Å². The van der Waals surface area contributed by atoms with Gasteiger partial charge in [-0.05, 0) is 44.0 Å². The van der Waals surface area contributed by atoms with Crippen LogP contribution in [0.4, 0.5) is 5.69 Å². The minimum absolute atomic E-state index is 0.0327. The Hall–Kier alpha value is -1.88. The lowest BCUT2D eigenvalue weighted by Gasteiger charge is -2.14. The Morgan fingerprint density at radius 1 is 1.37 bits per heavy atom. The average molecular weight is 261 g/mol. The van der Waals surface area contributed by atoms with Crippen LogP contribution in [-0.2, 0) is 4.79 Å². The highest BCUT2D eigenvalue weighted by Gasteiger charge is 2.22. The number of carbonyl (C=O) groups excluding carboxylic acids is 2. The van der Waals surface area contributed by atoms with E-state index in [1.165, 1.54) is 0 Å². The number of hydrogen-bond acceptors (Lipinski definition) is 3. The maximum absolute atomic E-state index is 12.0. The van der Waals surface area contributed by atoms with Gasteiger partial charge in [0.05, 0.1) is 6.04 Å². The van der Waals surface area contributed by atoms with Crippen LogP contribution in [0.25, 0.3) is 0 Å². The molecular weight excluding hydrogens is 242 g/mol. The van der Waals surface area contributed by atoms with Gasteiger partial charge in [0, 0.05) is 18.3 Å². The Bertz CT molecular complexity index is 493. The third-order valence-corrected chi connectivity index (χ3v) is 3.36. The average Bonchev–Trinajstić information content (AvgIpc) is 2.94. The molecule has 102 valence electrons. The molecule has 1 fully saturated rings. The molecule has 0 spiro atoms. The van der Waals surface area contributed by atoms with Crippen molar-refractivity contribution in [2.45, 2.75) is 25.8 Å². The maximum atomic E-state index is 12.0. The smallest absolute Gasteiger partial charge is 0.251 e. The molecule has 0 radical (unpaired) electrons. The molecule has 1 aliphatic rings. The van der Waals surface area contributed by atoms with E-state index in [2.05, 4.69) is 16.0 Å². The van der Waals surface area contributed by atoms with E-state index in [0.717, 1.165) is 24.9 Å². The summed E-state index contributed by atoms with van der Waals surface area (Å²) in [6, 6.07) is 5.17. The largest absolute Gasteiger partial charge is 0.355 e. The predicted molar refractivity (Wildman–Crippen MR) is 74.2 cm³/mol. The predicted octanol–water partition coefficient (Wildman–Crippen LogP) is 1.05. The van der Waals surface area contributed by atoms with Gasteiger partial charge in [-0.2, -0.15) is 0 Å². The quantitative estimate of drug-likeness (QED) is 0.761. The fourth-order valence-corrected chi connectivity index (χ4v) is 2.17. The summed E-state index contributed by atoms with van der Waals surface area (Å²) in [6.07, 6.45) is 1.88. The summed E-state index contributed by atoms with van der Waals surface area (Å²) < 4.78 is 0. The van der Waals surface area contributed by atoms with Gasteiger partial charge in [-0.3, -0.25) is 9.59 Å². The Kier molecular flexibility index (Phi) is 4.16. The van der Waals surface area contributed by atoms with E-state index in [4.69, 9.17) is 0 Å². The highest BCUT2D eigenvalue weighted by Crippen LogP contribution is 2.18. The van der Waals surface area contributed by atoms with Gasteiger partial charge in [0.15, 0.2) is 0 Å². The zero-order chi connectivity index (χ0) is 13.8. The number of nitrogens with one attached hydrogen (secondary N) is 3. The van der Waals surface area contributed by atoms with Gasteiger partial charge in [0.2, 0.25) is 5.91 Å². The Morgan fingerprint density at radius 2 is 2.16 bits per heavy atom. The van der Waals surface area contributed by atoms with Crippen LogP contribution in [0.3, 0.4) is 0 Å². The molecule has 2 rings (SSSR count). The van der Waals surface area contributed by atoms with Gasteiger partial charge in [0.25, 0.3) is 5.91 Å². The molecular formula is C14H19N3O2. The van der Waals surface area contributed by atoms with Crippen LogP contribution in [0.2, 0.25) is 0 Å². The van der Waals surface area contributed by atoms with Crippen molar-refractivity contribution in [3.05, 3.63) is 29.3 Å². The van der Waals surface area contributed by atoms with Gasteiger partial charge in [-0.15, -0.1) is 0 Å². The summed E-state index contributed by atoms with van der Waals surface area (Å²) in [5.41, 5.74) is 2.18. The van der Waals surface area contributed by atoms with Crippen molar-refractivity contribution < 1.29 is 9.59 Å². The van der Waals surface area contributed by atoms with Crippen LogP contribution < -0.4 is 16.0 Å². The minimum Gasteiger partial charge on any atom is -0.355 e. The number of carbonyl (C=O) groups is 2. The normalized spacial score (nSPS) is 18.1. The second-order valence-corrected chi connectivity index (χ2v) is 4.75. The van der Waals surface area contributed by atoms with Crippen molar-refractivity contribution in [1.82, 2.24) is 10.6 Å². The van der Waals surface area contributed by atoms with E-state index in [9.17, 15) is 9.59 Å². The topological polar surface area (TPSA) is 70.2 Å². The summed E-state index contributed by atoms with van der Waals surface area (Å²) in [7, 11) is 1.59. The molecule has 1 aromatic carbocycles. The second kappa shape index (κ2) is 5.84. The van der Waals surface area contributed by atoms with E-state index in [1.54, 1.807) is 19.2 Å². The van der Waals surface area contributed by atoms with Crippen LogP contribution in [0.15, 0.2) is 18.2 Å². The number of benzene rings is 1. The van der Waals surface area contributed by atoms with Crippen molar-refractivity contribution >= 4 is 17.5 Å². The molecule has 1 aliphatic heterocycles. The summed E-state index contributed by atoms with van der Waals surface area (Å²) in [5.74, 6) is -0.191. The lowest BCUT2D eigenvalue weighted by molar-refractivity contribution is -0.117. The minimum atomic E-state index is -0.158. The number of hydrogen-bond donors (Lipinski definition) is 3. The molecule has 0 aliphatic carbocycles. The third-order valence-electron chi connectivity index (χ3n) is 3.36. The van der Waals surface area contributed by atoms with Gasteiger partial charge in [-0.1, -0.05) is 6.07 Å². The van der Waals surface area contributed by atoms with Crippen LogP contribution >= 0.6 is 0 Å². The van der Waals surface area contributed by atoms with E-state index in [-0.39, 0.29) is 17.9 Å². The molecule has 0 saturated carbocycles. The number of rotatable bonds is 3. The van der Waals surface area contributed by atoms with Crippen molar-refractivity contribution in [1.29, 1.82) is 0 Å². The molecule has 1 heterocycles. The zero-order valence-corrected chi connectivity index (χ0v) is 11.2. The monoisotopic (exact) mass is 261 g/mol. The molecule has 5 heteroatoms. The van der Waals surface area contributed by atoms with Gasteiger partial charge in [0.1, 0.15) is 0 Å². The third kappa shape index (κ3) is 3.12. The van der Waals surface area contributed by atoms with Gasteiger partial charge >= 0.3 is 0 Å². The van der Waals surface area contributed by atoms with Gasteiger partial charge < -0.3 is 16.0 Å². The van der Waals surface area contributed by atoms with Gasteiger partial charge in [-0.25, -0.2) is 0 Å². The first-order valence-corrected chi connectivity index (χ1v) is 6.49.